The minimum atomic E-state index is -1.15. The van der Waals surface area contributed by atoms with Crippen LogP contribution in [0.5, 0.6) is 0 Å². The molecular weight excluding hydrogens is 397 g/mol. The first-order valence-corrected chi connectivity index (χ1v) is 9.29. The Morgan fingerprint density at radius 3 is 2.25 bits per heavy atom. The predicted octanol–water partition coefficient (Wildman–Crippen LogP) is 5.84. The Kier molecular flexibility index (Phi) is 6.34. The molecule has 0 aromatic heterocycles. The van der Waals surface area contributed by atoms with Gasteiger partial charge in [0.15, 0.2) is 0 Å². The molecule has 0 spiro atoms. The minimum absolute atomic E-state index is 0.191. The van der Waals surface area contributed by atoms with E-state index in [2.05, 4.69) is 5.32 Å². The second kappa shape index (κ2) is 8.91. The summed E-state index contributed by atoms with van der Waals surface area (Å²) in [7, 11) is 0. The lowest BCUT2D eigenvalue weighted by Crippen LogP contribution is -2.26. The van der Waals surface area contributed by atoms with E-state index < -0.39 is 18.0 Å². The number of benzene rings is 3. The number of nitrogens with one attached hydrogen (secondary N) is 1. The van der Waals surface area contributed by atoms with E-state index in [1.54, 1.807) is 66.7 Å². The van der Waals surface area contributed by atoms with Crippen molar-refractivity contribution in [2.75, 3.05) is 5.32 Å². The van der Waals surface area contributed by atoms with Gasteiger partial charge in [-0.2, -0.15) is 0 Å². The number of amides is 1. The van der Waals surface area contributed by atoms with E-state index in [4.69, 9.17) is 27.9 Å². The summed E-state index contributed by atoms with van der Waals surface area (Å²) in [4.78, 5) is 25.5. The second-order valence-corrected chi connectivity index (χ2v) is 6.94. The summed E-state index contributed by atoms with van der Waals surface area (Å²) in [5.41, 5.74) is 2.13. The Bertz CT molecular complexity index is 1010. The van der Waals surface area contributed by atoms with Crippen molar-refractivity contribution in [2.24, 2.45) is 0 Å². The molecule has 28 heavy (non-hydrogen) atoms. The third kappa shape index (κ3) is 4.71. The topological polar surface area (TPSA) is 55.4 Å². The van der Waals surface area contributed by atoms with Crippen LogP contribution in [-0.4, -0.2) is 11.9 Å². The molecule has 0 saturated carbocycles. The number of hydrogen-bond donors (Lipinski definition) is 1. The molecule has 0 aliphatic carbocycles. The fraction of sp³-hybridized carbons (Fsp3) is 0.0909. The van der Waals surface area contributed by atoms with Crippen molar-refractivity contribution in [1.82, 2.24) is 0 Å². The monoisotopic (exact) mass is 413 g/mol. The fourth-order valence-electron chi connectivity index (χ4n) is 2.58. The Balaban J connectivity index is 1.86. The van der Waals surface area contributed by atoms with Gasteiger partial charge in [-0.25, -0.2) is 4.79 Å². The fourth-order valence-corrected chi connectivity index (χ4v) is 2.97. The zero-order chi connectivity index (χ0) is 20.1. The van der Waals surface area contributed by atoms with Crippen LogP contribution in [0.4, 0.5) is 5.69 Å². The van der Waals surface area contributed by atoms with Crippen LogP contribution >= 0.6 is 23.2 Å². The summed E-state index contributed by atoms with van der Waals surface area (Å²) in [6, 6.07) is 20.5. The zero-order valence-corrected chi connectivity index (χ0v) is 16.5. The minimum Gasteiger partial charge on any atom is -0.444 e. The SMILES string of the molecule is Cc1ccc(NC(=O)[C@H](OC(=O)c2ccccc2Cl)c2ccccc2)cc1Cl. The Morgan fingerprint density at radius 1 is 0.893 bits per heavy atom. The number of aryl methyl sites for hydroxylation is 1. The van der Waals surface area contributed by atoms with Crippen LogP contribution in [0, 0.1) is 6.92 Å². The number of halogens is 2. The first-order chi connectivity index (χ1) is 13.5. The Hall–Kier alpha value is -2.82. The Labute approximate surface area is 173 Å². The molecule has 6 heteroatoms. The molecule has 0 unspecified atom stereocenters. The van der Waals surface area contributed by atoms with E-state index in [0.29, 0.717) is 16.3 Å². The molecule has 0 saturated heterocycles. The van der Waals surface area contributed by atoms with Crippen molar-refractivity contribution in [3.05, 3.63) is 99.5 Å². The van der Waals surface area contributed by atoms with E-state index in [1.807, 2.05) is 13.0 Å². The van der Waals surface area contributed by atoms with Crippen molar-refractivity contribution in [1.29, 1.82) is 0 Å². The van der Waals surface area contributed by atoms with Gasteiger partial charge in [0, 0.05) is 16.3 Å². The first kappa shape index (κ1) is 19.9. The molecule has 142 valence electrons. The van der Waals surface area contributed by atoms with Crippen LogP contribution in [0.25, 0.3) is 0 Å². The molecule has 0 aliphatic rings. The number of carbonyl (C=O) groups is 2. The van der Waals surface area contributed by atoms with Crippen molar-refractivity contribution in [3.63, 3.8) is 0 Å². The van der Waals surface area contributed by atoms with Crippen LogP contribution in [0.3, 0.4) is 0 Å². The summed E-state index contributed by atoms with van der Waals surface area (Å²) in [5.74, 6) is -1.18. The number of hydrogen-bond acceptors (Lipinski definition) is 3. The third-order valence-corrected chi connectivity index (χ3v) is 4.84. The average Bonchev–Trinajstić information content (AvgIpc) is 2.69. The molecular formula is C22H17Cl2NO3. The van der Waals surface area contributed by atoms with Crippen molar-refractivity contribution < 1.29 is 14.3 Å². The number of anilines is 1. The molecule has 3 rings (SSSR count). The molecule has 1 amide bonds. The van der Waals surface area contributed by atoms with Gasteiger partial charge in [-0.15, -0.1) is 0 Å². The molecule has 4 nitrogen and oxygen atoms in total. The molecule has 0 aliphatic heterocycles. The molecule has 1 N–H and O–H groups in total. The summed E-state index contributed by atoms with van der Waals surface area (Å²) < 4.78 is 5.52. The van der Waals surface area contributed by atoms with E-state index in [-0.39, 0.29) is 10.6 Å². The quantitative estimate of drug-likeness (QED) is 0.534. The van der Waals surface area contributed by atoms with E-state index >= 15 is 0 Å². The maximum atomic E-state index is 12.9. The number of esters is 1. The molecule has 3 aromatic rings. The van der Waals surface area contributed by atoms with Crippen LogP contribution < -0.4 is 5.32 Å². The number of rotatable bonds is 5. The Morgan fingerprint density at radius 2 is 1.57 bits per heavy atom. The van der Waals surface area contributed by atoms with E-state index in [0.717, 1.165) is 5.56 Å². The van der Waals surface area contributed by atoms with Crippen molar-refractivity contribution in [3.8, 4) is 0 Å². The highest BCUT2D eigenvalue weighted by molar-refractivity contribution is 6.33. The molecule has 0 fully saturated rings. The number of carbonyl (C=O) groups excluding carboxylic acids is 2. The van der Waals surface area contributed by atoms with Crippen LogP contribution in [0.2, 0.25) is 10.0 Å². The lowest BCUT2D eigenvalue weighted by molar-refractivity contribution is -0.125. The zero-order valence-electron chi connectivity index (χ0n) is 15.0. The molecule has 1 atom stereocenters. The van der Waals surface area contributed by atoms with E-state index in [1.165, 1.54) is 0 Å². The highest BCUT2D eigenvalue weighted by Gasteiger charge is 2.26. The van der Waals surface area contributed by atoms with Crippen LogP contribution in [0.1, 0.15) is 27.6 Å². The second-order valence-electron chi connectivity index (χ2n) is 6.13. The predicted molar refractivity (Wildman–Crippen MR) is 111 cm³/mol. The van der Waals surface area contributed by atoms with Crippen molar-refractivity contribution in [2.45, 2.75) is 13.0 Å². The van der Waals surface area contributed by atoms with Gasteiger partial charge in [0.2, 0.25) is 6.10 Å². The van der Waals surface area contributed by atoms with Gasteiger partial charge in [-0.3, -0.25) is 4.79 Å². The van der Waals surface area contributed by atoms with Gasteiger partial charge in [0.25, 0.3) is 5.91 Å². The molecule has 3 aromatic carbocycles. The van der Waals surface area contributed by atoms with Gasteiger partial charge in [0.1, 0.15) is 0 Å². The lowest BCUT2D eigenvalue weighted by atomic mass is 10.1. The van der Waals surface area contributed by atoms with Gasteiger partial charge in [-0.1, -0.05) is 71.7 Å². The summed E-state index contributed by atoms with van der Waals surface area (Å²) in [6.07, 6.45) is -1.15. The maximum absolute atomic E-state index is 12.9. The number of ether oxygens (including phenoxy) is 1. The highest BCUT2D eigenvalue weighted by atomic mass is 35.5. The third-order valence-electron chi connectivity index (χ3n) is 4.10. The van der Waals surface area contributed by atoms with Gasteiger partial charge >= 0.3 is 5.97 Å². The van der Waals surface area contributed by atoms with Gasteiger partial charge in [-0.05, 0) is 36.8 Å². The largest absolute Gasteiger partial charge is 0.444 e. The summed E-state index contributed by atoms with van der Waals surface area (Å²) >= 11 is 12.2. The molecule has 0 radical (unpaired) electrons. The molecule has 0 heterocycles. The van der Waals surface area contributed by atoms with Crippen LogP contribution in [-0.2, 0) is 9.53 Å². The molecule has 0 bridgehead atoms. The summed E-state index contributed by atoms with van der Waals surface area (Å²) in [6.45, 7) is 1.87. The highest BCUT2D eigenvalue weighted by Crippen LogP contribution is 2.25. The lowest BCUT2D eigenvalue weighted by Gasteiger charge is -2.18. The standard InChI is InChI=1S/C22H17Cl2NO3/c1-14-11-12-16(13-19(14)24)25-21(26)20(15-7-3-2-4-8-15)28-22(27)17-9-5-6-10-18(17)23/h2-13,20H,1H3,(H,25,26)/t20-/m1/s1. The van der Waals surface area contributed by atoms with Gasteiger partial charge in [0.05, 0.1) is 10.6 Å². The average molecular weight is 414 g/mol. The maximum Gasteiger partial charge on any atom is 0.340 e. The van der Waals surface area contributed by atoms with E-state index in [9.17, 15) is 9.59 Å². The van der Waals surface area contributed by atoms with Crippen molar-refractivity contribution >= 4 is 40.8 Å². The smallest absolute Gasteiger partial charge is 0.340 e. The van der Waals surface area contributed by atoms with Gasteiger partial charge < -0.3 is 10.1 Å². The summed E-state index contributed by atoms with van der Waals surface area (Å²) in [5, 5.41) is 3.53. The first-order valence-electron chi connectivity index (χ1n) is 8.53. The van der Waals surface area contributed by atoms with Crippen LogP contribution in [0.15, 0.2) is 72.8 Å². The normalized spacial score (nSPS) is 11.5.